The third-order valence-corrected chi connectivity index (χ3v) is 2.82. The Labute approximate surface area is 71.5 Å². The molecule has 4 nitrogen and oxygen atoms in total. The summed E-state index contributed by atoms with van der Waals surface area (Å²) in [6.45, 7) is -0.992. The Morgan fingerprint density at radius 3 is 1.42 bits per heavy atom. The first-order valence-electron chi connectivity index (χ1n) is 4.24. The molecule has 0 aromatic heterocycles. The third-order valence-electron chi connectivity index (χ3n) is 2.82. The van der Waals surface area contributed by atoms with Crippen molar-refractivity contribution in [3.8, 4) is 0 Å². The van der Waals surface area contributed by atoms with Gasteiger partial charge >= 0.3 is 0 Å². The summed E-state index contributed by atoms with van der Waals surface area (Å²) in [5.41, 5.74) is -3.03. The van der Waals surface area contributed by atoms with Gasteiger partial charge in [0, 0.05) is 0 Å². The van der Waals surface area contributed by atoms with Crippen LogP contribution in [-0.4, -0.2) is 44.8 Å². The van der Waals surface area contributed by atoms with Gasteiger partial charge in [-0.1, -0.05) is 12.8 Å². The third kappa shape index (κ3) is 1.35. The molecule has 1 fully saturated rings. The smallest absolute Gasteiger partial charge is 0.118 e. The summed E-state index contributed by atoms with van der Waals surface area (Å²) < 4.78 is 0. The first kappa shape index (κ1) is 9.92. The minimum Gasteiger partial charge on any atom is -0.393 e. The van der Waals surface area contributed by atoms with Crippen molar-refractivity contribution in [3.63, 3.8) is 0 Å². The standard InChI is InChI=1S/C8H16O4/c9-5-7(11)3-1-2-4-8(7,12)6-10/h9-12H,1-6H2. The van der Waals surface area contributed by atoms with Crippen LogP contribution in [0.4, 0.5) is 0 Å². The van der Waals surface area contributed by atoms with Crippen molar-refractivity contribution in [2.24, 2.45) is 0 Å². The number of rotatable bonds is 2. The zero-order chi connectivity index (χ0) is 9.24. The first-order valence-corrected chi connectivity index (χ1v) is 4.24. The summed E-state index contributed by atoms with van der Waals surface area (Å²) in [4.78, 5) is 0. The summed E-state index contributed by atoms with van der Waals surface area (Å²) in [7, 11) is 0. The molecular formula is C8H16O4. The lowest BCUT2D eigenvalue weighted by Crippen LogP contribution is -2.60. The summed E-state index contributed by atoms with van der Waals surface area (Å²) in [6, 6.07) is 0. The second kappa shape index (κ2) is 3.30. The van der Waals surface area contributed by atoms with E-state index in [9.17, 15) is 10.2 Å². The molecule has 0 aliphatic heterocycles. The van der Waals surface area contributed by atoms with Crippen LogP contribution in [0.1, 0.15) is 25.7 Å². The quantitative estimate of drug-likeness (QED) is 0.435. The predicted molar refractivity (Wildman–Crippen MR) is 42.5 cm³/mol. The molecular weight excluding hydrogens is 160 g/mol. The summed E-state index contributed by atoms with van der Waals surface area (Å²) in [6.07, 6.45) is 2.25. The summed E-state index contributed by atoms with van der Waals surface area (Å²) in [5, 5.41) is 37.3. The van der Waals surface area contributed by atoms with Crippen LogP contribution >= 0.6 is 0 Å². The van der Waals surface area contributed by atoms with E-state index >= 15 is 0 Å². The van der Waals surface area contributed by atoms with Gasteiger partial charge in [-0.25, -0.2) is 0 Å². The van der Waals surface area contributed by atoms with E-state index in [4.69, 9.17) is 10.2 Å². The van der Waals surface area contributed by atoms with Gasteiger partial charge in [0.1, 0.15) is 11.2 Å². The molecule has 1 aliphatic rings. The molecule has 0 saturated heterocycles. The molecule has 1 aliphatic carbocycles. The maximum absolute atomic E-state index is 9.74. The van der Waals surface area contributed by atoms with Crippen LogP contribution in [0.3, 0.4) is 0 Å². The highest BCUT2D eigenvalue weighted by Gasteiger charge is 2.49. The molecule has 0 amide bonds. The molecule has 2 atom stereocenters. The Bertz CT molecular complexity index is 143. The van der Waals surface area contributed by atoms with Crippen molar-refractivity contribution in [2.45, 2.75) is 36.9 Å². The van der Waals surface area contributed by atoms with Gasteiger partial charge in [0.15, 0.2) is 0 Å². The lowest BCUT2D eigenvalue weighted by molar-refractivity contribution is -0.208. The SMILES string of the molecule is OCC1(O)CCCCC1(O)CO. The van der Waals surface area contributed by atoms with Gasteiger partial charge in [0.2, 0.25) is 0 Å². The average molecular weight is 176 g/mol. The average Bonchev–Trinajstić information content (AvgIpc) is 2.10. The van der Waals surface area contributed by atoms with Gasteiger partial charge in [-0.15, -0.1) is 0 Å². The van der Waals surface area contributed by atoms with Crippen LogP contribution in [0.5, 0.6) is 0 Å². The lowest BCUT2D eigenvalue weighted by atomic mass is 9.72. The molecule has 0 spiro atoms. The second-order valence-corrected chi connectivity index (χ2v) is 3.59. The second-order valence-electron chi connectivity index (χ2n) is 3.59. The van der Waals surface area contributed by atoms with Crippen molar-refractivity contribution in [1.82, 2.24) is 0 Å². The van der Waals surface area contributed by atoms with Crippen LogP contribution in [-0.2, 0) is 0 Å². The molecule has 72 valence electrons. The van der Waals surface area contributed by atoms with Crippen LogP contribution in [0.2, 0.25) is 0 Å². The van der Waals surface area contributed by atoms with Crippen LogP contribution in [0, 0.1) is 0 Å². The minimum atomic E-state index is -1.51. The zero-order valence-corrected chi connectivity index (χ0v) is 7.03. The first-order chi connectivity index (χ1) is 5.58. The van der Waals surface area contributed by atoms with Crippen molar-refractivity contribution < 1.29 is 20.4 Å². The van der Waals surface area contributed by atoms with Crippen molar-refractivity contribution in [2.75, 3.05) is 13.2 Å². The van der Waals surface area contributed by atoms with Gasteiger partial charge in [0.25, 0.3) is 0 Å². The fourth-order valence-electron chi connectivity index (χ4n) is 1.75. The molecule has 0 radical (unpaired) electrons. The van der Waals surface area contributed by atoms with E-state index in [0.717, 1.165) is 12.8 Å². The highest BCUT2D eigenvalue weighted by atomic mass is 16.4. The molecule has 0 bridgehead atoms. The largest absolute Gasteiger partial charge is 0.393 e. The fraction of sp³-hybridized carbons (Fsp3) is 1.00. The summed E-state index contributed by atoms with van der Waals surface area (Å²) >= 11 is 0. The van der Waals surface area contributed by atoms with Crippen molar-refractivity contribution >= 4 is 0 Å². The Morgan fingerprint density at radius 2 is 1.17 bits per heavy atom. The van der Waals surface area contributed by atoms with Gasteiger partial charge in [-0.2, -0.15) is 0 Å². The molecule has 4 heteroatoms. The van der Waals surface area contributed by atoms with E-state index in [0.29, 0.717) is 12.8 Å². The van der Waals surface area contributed by atoms with E-state index in [-0.39, 0.29) is 0 Å². The van der Waals surface area contributed by atoms with E-state index in [1.54, 1.807) is 0 Å². The van der Waals surface area contributed by atoms with Gasteiger partial charge in [-0.05, 0) is 12.8 Å². The Balaban J connectivity index is 2.79. The normalized spacial score (nSPS) is 43.0. The van der Waals surface area contributed by atoms with Crippen LogP contribution < -0.4 is 0 Å². The van der Waals surface area contributed by atoms with Crippen molar-refractivity contribution in [1.29, 1.82) is 0 Å². The molecule has 0 aromatic carbocycles. The molecule has 4 N–H and O–H groups in total. The molecule has 2 unspecified atom stereocenters. The number of aliphatic hydroxyl groups excluding tert-OH is 2. The number of hydrogen-bond acceptors (Lipinski definition) is 4. The highest BCUT2D eigenvalue weighted by Crippen LogP contribution is 2.36. The van der Waals surface area contributed by atoms with Gasteiger partial charge in [0.05, 0.1) is 13.2 Å². The fourth-order valence-corrected chi connectivity index (χ4v) is 1.75. The zero-order valence-electron chi connectivity index (χ0n) is 7.03. The van der Waals surface area contributed by atoms with E-state index in [1.165, 1.54) is 0 Å². The maximum atomic E-state index is 9.74. The topological polar surface area (TPSA) is 80.9 Å². The number of hydrogen-bond donors (Lipinski definition) is 4. The molecule has 0 aromatic rings. The number of aliphatic hydroxyl groups is 4. The maximum Gasteiger partial charge on any atom is 0.118 e. The van der Waals surface area contributed by atoms with E-state index in [2.05, 4.69) is 0 Å². The highest BCUT2D eigenvalue weighted by molar-refractivity contribution is 5.01. The predicted octanol–water partition coefficient (Wildman–Crippen LogP) is -0.993. The van der Waals surface area contributed by atoms with Crippen molar-refractivity contribution in [3.05, 3.63) is 0 Å². The summed E-state index contributed by atoms with van der Waals surface area (Å²) in [5.74, 6) is 0. The van der Waals surface area contributed by atoms with Gasteiger partial charge in [-0.3, -0.25) is 0 Å². The van der Waals surface area contributed by atoms with Gasteiger partial charge < -0.3 is 20.4 Å². The lowest BCUT2D eigenvalue weighted by Gasteiger charge is -2.44. The molecule has 1 saturated carbocycles. The Kier molecular flexibility index (Phi) is 2.73. The monoisotopic (exact) mass is 176 g/mol. The van der Waals surface area contributed by atoms with E-state index < -0.39 is 24.4 Å². The minimum absolute atomic E-state index is 0.348. The Hall–Kier alpha value is -0.160. The van der Waals surface area contributed by atoms with Crippen LogP contribution in [0.15, 0.2) is 0 Å². The molecule has 0 heterocycles. The molecule has 1 rings (SSSR count). The van der Waals surface area contributed by atoms with E-state index in [1.807, 2.05) is 0 Å². The Morgan fingerprint density at radius 1 is 0.833 bits per heavy atom. The molecule has 12 heavy (non-hydrogen) atoms. The van der Waals surface area contributed by atoms with Crippen LogP contribution in [0.25, 0.3) is 0 Å².